The van der Waals surface area contributed by atoms with Crippen LogP contribution in [0.3, 0.4) is 0 Å². The second kappa shape index (κ2) is 10.7. The van der Waals surface area contributed by atoms with Gasteiger partial charge in [0.05, 0.1) is 20.3 Å². The lowest BCUT2D eigenvalue weighted by Gasteiger charge is -2.37. The summed E-state index contributed by atoms with van der Waals surface area (Å²) in [6.07, 6.45) is 2.22. The van der Waals surface area contributed by atoms with Gasteiger partial charge in [-0.05, 0) is 41.5 Å². The van der Waals surface area contributed by atoms with Gasteiger partial charge in [0, 0.05) is 11.9 Å². The van der Waals surface area contributed by atoms with Crippen LogP contribution in [0.25, 0.3) is 0 Å². The number of anilines is 1. The molecule has 1 aliphatic heterocycles. The minimum atomic E-state index is -1.23. The Bertz CT molecular complexity index is 1110. The molecule has 1 atom stereocenters. The molecule has 0 bridgehead atoms. The Morgan fingerprint density at radius 3 is 2.06 bits per heavy atom. The number of aliphatic imine (C=N–C) groups is 1. The molecule has 1 aliphatic rings. The van der Waals surface area contributed by atoms with Crippen molar-refractivity contribution >= 4 is 17.5 Å². The Morgan fingerprint density at radius 2 is 1.56 bits per heavy atom. The number of hydrogen-bond donors (Lipinski definition) is 1. The summed E-state index contributed by atoms with van der Waals surface area (Å²) < 4.78 is 10.1. The Kier molecular flexibility index (Phi) is 7.25. The maximum absolute atomic E-state index is 11.7. The SMILES string of the molecule is COC(=O)CN1C=CC(N(c2ccc(OC)cc2)C(c2ccccc2)c2ccccc2)=NC1O. The van der Waals surface area contributed by atoms with Crippen LogP contribution in [-0.2, 0) is 9.53 Å². The van der Waals surface area contributed by atoms with Gasteiger partial charge in [0.25, 0.3) is 0 Å². The van der Waals surface area contributed by atoms with Crippen molar-refractivity contribution in [3.8, 4) is 5.75 Å². The molecule has 174 valence electrons. The minimum Gasteiger partial charge on any atom is -0.497 e. The van der Waals surface area contributed by atoms with E-state index in [1.807, 2.05) is 60.7 Å². The van der Waals surface area contributed by atoms with Crippen LogP contribution in [0, 0.1) is 0 Å². The van der Waals surface area contributed by atoms with Crippen molar-refractivity contribution < 1.29 is 19.4 Å². The van der Waals surface area contributed by atoms with E-state index in [2.05, 4.69) is 34.2 Å². The predicted octanol–water partition coefficient (Wildman–Crippen LogP) is 3.97. The highest BCUT2D eigenvalue weighted by molar-refractivity contribution is 6.07. The van der Waals surface area contributed by atoms with Crippen molar-refractivity contribution in [3.63, 3.8) is 0 Å². The standard InChI is InChI=1S/C27H27N3O4/c1-33-23-15-13-22(14-16-23)30(24-17-18-29(27(32)28-24)19-25(31)34-2)26(20-9-5-3-6-10-20)21-11-7-4-8-12-21/h3-18,26-27,32H,19H2,1-2H3. The third-order valence-electron chi connectivity index (χ3n) is 5.59. The molecule has 0 fully saturated rings. The molecule has 0 saturated heterocycles. The summed E-state index contributed by atoms with van der Waals surface area (Å²) in [4.78, 5) is 19.7. The highest BCUT2D eigenvalue weighted by Gasteiger charge is 2.29. The van der Waals surface area contributed by atoms with Crippen molar-refractivity contribution in [3.05, 3.63) is 108 Å². The van der Waals surface area contributed by atoms with E-state index in [0.29, 0.717) is 5.84 Å². The number of rotatable bonds is 7. The zero-order valence-corrected chi connectivity index (χ0v) is 19.1. The van der Waals surface area contributed by atoms with Crippen LogP contribution in [-0.4, -0.2) is 48.9 Å². The van der Waals surface area contributed by atoms with Crippen LogP contribution in [0.2, 0.25) is 0 Å². The Balaban J connectivity index is 1.81. The zero-order chi connectivity index (χ0) is 23.9. The molecule has 3 aromatic rings. The Morgan fingerprint density at radius 1 is 0.971 bits per heavy atom. The van der Waals surface area contributed by atoms with Crippen molar-refractivity contribution in [1.82, 2.24) is 4.90 Å². The van der Waals surface area contributed by atoms with Crippen molar-refractivity contribution in [2.75, 3.05) is 25.7 Å². The third kappa shape index (κ3) is 5.10. The molecule has 4 rings (SSSR count). The molecule has 1 heterocycles. The summed E-state index contributed by atoms with van der Waals surface area (Å²) in [6, 6.07) is 27.7. The summed E-state index contributed by atoms with van der Waals surface area (Å²) in [7, 11) is 2.94. The second-order valence-electron chi connectivity index (χ2n) is 7.69. The van der Waals surface area contributed by atoms with Gasteiger partial charge in [-0.3, -0.25) is 4.79 Å². The topological polar surface area (TPSA) is 74.6 Å². The third-order valence-corrected chi connectivity index (χ3v) is 5.59. The fraction of sp³-hybridized carbons (Fsp3) is 0.185. The first kappa shape index (κ1) is 23.1. The number of carbonyl (C=O) groups is 1. The molecular formula is C27H27N3O4. The highest BCUT2D eigenvalue weighted by Crippen LogP contribution is 2.35. The molecule has 0 spiro atoms. The first-order valence-corrected chi connectivity index (χ1v) is 10.9. The van der Waals surface area contributed by atoms with Gasteiger partial charge >= 0.3 is 5.97 Å². The van der Waals surface area contributed by atoms with Gasteiger partial charge in [0.15, 0.2) is 0 Å². The van der Waals surface area contributed by atoms with Crippen LogP contribution in [0.4, 0.5) is 5.69 Å². The molecule has 0 saturated carbocycles. The summed E-state index contributed by atoms with van der Waals surface area (Å²) >= 11 is 0. The van der Waals surface area contributed by atoms with E-state index < -0.39 is 12.3 Å². The molecular weight excluding hydrogens is 430 g/mol. The fourth-order valence-corrected chi connectivity index (χ4v) is 3.88. The predicted molar refractivity (Wildman–Crippen MR) is 132 cm³/mol. The Labute approximate surface area is 199 Å². The number of hydrogen-bond acceptors (Lipinski definition) is 7. The second-order valence-corrected chi connectivity index (χ2v) is 7.69. The van der Waals surface area contributed by atoms with E-state index in [-0.39, 0.29) is 12.6 Å². The number of methoxy groups -OCH3 is 2. The summed E-state index contributed by atoms with van der Waals surface area (Å²) in [6.45, 7) is -0.103. The molecule has 1 N–H and O–H groups in total. The summed E-state index contributed by atoms with van der Waals surface area (Å²) in [5, 5.41) is 10.7. The van der Waals surface area contributed by atoms with Gasteiger partial charge in [-0.1, -0.05) is 60.7 Å². The number of ether oxygens (including phenoxy) is 2. The normalized spacial score (nSPS) is 15.1. The maximum Gasteiger partial charge on any atom is 0.325 e. The van der Waals surface area contributed by atoms with Gasteiger partial charge in [-0.15, -0.1) is 0 Å². The van der Waals surface area contributed by atoms with E-state index in [0.717, 1.165) is 22.6 Å². The van der Waals surface area contributed by atoms with Gasteiger partial charge < -0.3 is 24.4 Å². The first-order chi connectivity index (χ1) is 16.6. The van der Waals surface area contributed by atoms with Crippen LogP contribution in [0.5, 0.6) is 5.75 Å². The van der Waals surface area contributed by atoms with Gasteiger partial charge in [0.1, 0.15) is 18.1 Å². The van der Waals surface area contributed by atoms with Crippen LogP contribution in [0.15, 0.2) is 102 Å². The number of esters is 1. The van der Waals surface area contributed by atoms with Crippen LogP contribution in [0.1, 0.15) is 17.2 Å². The number of aliphatic hydroxyl groups is 1. The van der Waals surface area contributed by atoms with E-state index in [1.54, 1.807) is 19.4 Å². The fourth-order valence-electron chi connectivity index (χ4n) is 3.88. The maximum atomic E-state index is 11.7. The summed E-state index contributed by atoms with van der Waals surface area (Å²) in [5.74, 6) is 0.836. The molecule has 7 nitrogen and oxygen atoms in total. The molecule has 0 aliphatic carbocycles. The first-order valence-electron chi connectivity index (χ1n) is 10.9. The molecule has 0 aromatic heterocycles. The van der Waals surface area contributed by atoms with E-state index in [4.69, 9.17) is 9.47 Å². The van der Waals surface area contributed by atoms with E-state index >= 15 is 0 Å². The van der Waals surface area contributed by atoms with Crippen molar-refractivity contribution in [2.45, 2.75) is 12.4 Å². The monoisotopic (exact) mass is 457 g/mol. The molecule has 1 unspecified atom stereocenters. The van der Waals surface area contributed by atoms with Gasteiger partial charge in [-0.25, -0.2) is 4.99 Å². The lowest BCUT2D eigenvalue weighted by atomic mass is 9.96. The average molecular weight is 458 g/mol. The van der Waals surface area contributed by atoms with E-state index in [1.165, 1.54) is 12.0 Å². The number of benzene rings is 3. The molecule has 3 aromatic carbocycles. The lowest BCUT2D eigenvalue weighted by Crippen LogP contribution is -2.42. The quantitative estimate of drug-likeness (QED) is 0.541. The lowest BCUT2D eigenvalue weighted by molar-refractivity contribution is -0.143. The number of aliphatic hydroxyl groups excluding tert-OH is 1. The van der Waals surface area contributed by atoms with Crippen LogP contribution >= 0.6 is 0 Å². The Hall–Kier alpha value is -4.10. The number of carbonyl (C=O) groups excluding carboxylic acids is 1. The van der Waals surface area contributed by atoms with E-state index in [9.17, 15) is 9.90 Å². The number of nitrogens with zero attached hydrogens (tertiary/aromatic N) is 3. The van der Waals surface area contributed by atoms with Crippen molar-refractivity contribution in [2.24, 2.45) is 4.99 Å². The summed E-state index contributed by atoms with van der Waals surface area (Å²) in [5.41, 5.74) is 3.00. The van der Waals surface area contributed by atoms with Gasteiger partial charge in [-0.2, -0.15) is 0 Å². The number of amidine groups is 1. The largest absolute Gasteiger partial charge is 0.497 e. The molecule has 0 amide bonds. The molecule has 7 heteroatoms. The minimum absolute atomic E-state index is 0.103. The van der Waals surface area contributed by atoms with Crippen molar-refractivity contribution in [1.29, 1.82) is 0 Å². The zero-order valence-electron chi connectivity index (χ0n) is 19.1. The van der Waals surface area contributed by atoms with Crippen LogP contribution < -0.4 is 9.64 Å². The highest BCUT2D eigenvalue weighted by atomic mass is 16.5. The molecule has 0 radical (unpaired) electrons. The smallest absolute Gasteiger partial charge is 0.325 e. The van der Waals surface area contributed by atoms with Gasteiger partial charge in [0.2, 0.25) is 6.35 Å². The average Bonchev–Trinajstić information content (AvgIpc) is 2.89. The molecule has 34 heavy (non-hydrogen) atoms.